The number of anilines is 1. The van der Waals surface area contributed by atoms with Crippen LogP contribution < -0.4 is 4.90 Å². The second-order valence-corrected chi connectivity index (χ2v) is 4.41. The Hall–Kier alpha value is -1.42. The van der Waals surface area contributed by atoms with Gasteiger partial charge in [0.15, 0.2) is 6.29 Å². The average Bonchev–Trinajstić information content (AvgIpc) is 2.14. The molecule has 0 amide bonds. The first-order chi connectivity index (χ1) is 7.31. The Kier molecular flexibility index (Phi) is 1.79. The Morgan fingerprint density at radius 1 is 1.47 bits per heavy atom. The number of carbonyl (C=O) groups is 1. The van der Waals surface area contributed by atoms with Crippen LogP contribution in [0.5, 0.6) is 0 Å². The van der Waals surface area contributed by atoms with E-state index in [-0.39, 0.29) is 0 Å². The molecule has 3 heterocycles. The van der Waals surface area contributed by atoms with Crippen LogP contribution in [0.1, 0.15) is 10.5 Å². The summed E-state index contributed by atoms with van der Waals surface area (Å²) < 4.78 is 5.21. The van der Waals surface area contributed by atoms with Crippen LogP contribution in [0.3, 0.4) is 0 Å². The van der Waals surface area contributed by atoms with Crippen LogP contribution in [-0.2, 0) is 4.74 Å². The molecule has 0 aromatic carbocycles. The number of aldehydes is 1. The summed E-state index contributed by atoms with van der Waals surface area (Å²) in [5, 5.41) is 0. The second kappa shape index (κ2) is 3.03. The lowest BCUT2D eigenvalue weighted by molar-refractivity contribution is -0.127. The van der Waals surface area contributed by atoms with Crippen LogP contribution in [0.2, 0.25) is 0 Å². The van der Waals surface area contributed by atoms with E-state index >= 15 is 0 Å². The maximum Gasteiger partial charge on any atom is 0.168 e. The summed E-state index contributed by atoms with van der Waals surface area (Å²) in [6, 6.07) is 3.78. The van der Waals surface area contributed by atoms with E-state index in [1.165, 1.54) is 0 Å². The maximum atomic E-state index is 10.6. The van der Waals surface area contributed by atoms with E-state index in [9.17, 15) is 4.79 Å². The van der Waals surface area contributed by atoms with E-state index < -0.39 is 0 Å². The fourth-order valence-electron chi connectivity index (χ4n) is 2.22. The number of pyridine rings is 1. The molecule has 2 saturated heterocycles. The van der Waals surface area contributed by atoms with Gasteiger partial charge in [-0.3, -0.25) is 9.78 Å². The topological polar surface area (TPSA) is 42.4 Å². The minimum Gasteiger partial charge on any atom is -0.380 e. The number of hydrogen-bond donors (Lipinski definition) is 0. The molecule has 0 unspecified atom stereocenters. The van der Waals surface area contributed by atoms with Crippen molar-refractivity contribution in [3.05, 3.63) is 24.0 Å². The molecule has 1 aromatic rings. The first-order valence-corrected chi connectivity index (χ1v) is 5.05. The van der Waals surface area contributed by atoms with Gasteiger partial charge < -0.3 is 9.64 Å². The van der Waals surface area contributed by atoms with Crippen molar-refractivity contribution < 1.29 is 9.53 Å². The zero-order valence-corrected chi connectivity index (χ0v) is 8.35. The Labute approximate surface area is 87.9 Å². The van der Waals surface area contributed by atoms with Crippen molar-refractivity contribution in [3.63, 3.8) is 0 Å². The summed E-state index contributed by atoms with van der Waals surface area (Å²) >= 11 is 0. The standard InChI is InChI=1S/C11H12N2O2/c14-4-9-3-10(1-2-12-9)13-5-11(6-13)7-15-8-11/h1-4H,5-8H2. The van der Waals surface area contributed by atoms with Crippen LogP contribution in [0.15, 0.2) is 18.3 Å². The highest BCUT2D eigenvalue weighted by atomic mass is 16.5. The van der Waals surface area contributed by atoms with Crippen molar-refractivity contribution in [2.24, 2.45) is 5.41 Å². The van der Waals surface area contributed by atoms with Gasteiger partial charge in [0.1, 0.15) is 5.69 Å². The van der Waals surface area contributed by atoms with E-state index in [0.29, 0.717) is 11.1 Å². The molecule has 1 aromatic heterocycles. The van der Waals surface area contributed by atoms with Gasteiger partial charge in [-0.15, -0.1) is 0 Å². The summed E-state index contributed by atoms with van der Waals surface area (Å²) in [5.74, 6) is 0. The third kappa shape index (κ3) is 1.33. The zero-order valence-electron chi connectivity index (χ0n) is 8.35. The Morgan fingerprint density at radius 2 is 2.27 bits per heavy atom. The number of carbonyl (C=O) groups excluding carboxylic acids is 1. The van der Waals surface area contributed by atoms with Gasteiger partial charge in [0.2, 0.25) is 0 Å². The molecule has 4 heteroatoms. The van der Waals surface area contributed by atoms with Crippen molar-refractivity contribution in [2.45, 2.75) is 0 Å². The van der Waals surface area contributed by atoms with Crippen molar-refractivity contribution in [1.82, 2.24) is 4.98 Å². The van der Waals surface area contributed by atoms with Gasteiger partial charge in [0, 0.05) is 25.0 Å². The quantitative estimate of drug-likeness (QED) is 0.666. The number of aromatic nitrogens is 1. The maximum absolute atomic E-state index is 10.6. The molecule has 78 valence electrons. The molecule has 0 atom stereocenters. The van der Waals surface area contributed by atoms with Crippen LogP contribution >= 0.6 is 0 Å². The van der Waals surface area contributed by atoms with Crippen LogP contribution in [0.4, 0.5) is 5.69 Å². The molecular formula is C11H12N2O2. The Balaban J connectivity index is 1.74. The summed E-state index contributed by atoms with van der Waals surface area (Å²) in [5.41, 5.74) is 1.99. The number of hydrogen-bond acceptors (Lipinski definition) is 4. The third-order valence-electron chi connectivity index (χ3n) is 3.12. The third-order valence-corrected chi connectivity index (χ3v) is 3.12. The Bertz CT molecular complexity index is 393. The lowest BCUT2D eigenvalue weighted by Crippen LogP contribution is -2.66. The molecule has 4 nitrogen and oxygen atoms in total. The van der Waals surface area contributed by atoms with Gasteiger partial charge in [-0.25, -0.2) is 0 Å². The Morgan fingerprint density at radius 3 is 2.87 bits per heavy atom. The first kappa shape index (κ1) is 8.85. The van der Waals surface area contributed by atoms with Gasteiger partial charge in [-0.2, -0.15) is 0 Å². The molecule has 2 aliphatic rings. The lowest BCUT2D eigenvalue weighted by atomic mass is 9.78. The molecule has 0 radical (unpaired) electrons. The highest BCUT2D eigenvalue weighted by Crippen LogP contribution is 2.39. The predicted octanol–water partition coefficient (Wildman–Crippen LogP) is 0.731. The van der Waals surface area contributed by atoms with E-state index in [2.05, 4.69) is 9.88 Å². The fraction of sp³-hybridized carbons (Fsp3) is 0.455. The van der Waals surface area contributed by atoms with Gasteiger partial charge in [-0.1, -0.05) is 0 Å². The minimum absolute atomic E-state index is 0.407. The molecule has 0 N–H and O–H groups in total. The van der Waals surface area contributed by atoms with Crippen molar-refractivity contribution in [2.75, 3.05) is 31.2 Å². The normalized spacial score (nSPS) is 22.0. The van der Waals surface area contributed by atoms with Crippen molar-refractivity contribution in [3.8, 4) is 0 Å². The number of ether oxygens (including phenoxy) is 1. The smallest absolute Gasteiger partial charge is 0.168 e. The van der Waals surface area contributed by atoms with E-state index in [4.69, 9.17) is 4.74 Å². The van der Waals surface area contributed by atoms with Gasteiger partial charge in [0.25, 0.3) is 0 Å². The lowest BCUT2D eigenvalue weighted by Gasteiger charge is -2.56. The van der Waals surface area contributed by atoms with Crippen LogP contribution in [0, 0.1) is 5.41 Å². The molecule has 3 rings (SSSR count). The highest BCUT2D eigenvalue weighted by Gasteiger charge is 2.48. The molecule has 15 heavy (non-hydrogen) atoms. The van der Waals surface area contributed by atoms with Crippen molar-refractivity contribution >= 4 is 12.0 Å². The fourth-order valence-corrected chi connectivity index (χ4v) is 2.22. The van der Waals surface area contributed by atoms with Crippen molar-refractivity contribution in [1.29, 1.82) is 0 Å². The molecule has 0 aliphatic carbocycles. The molecule has 0 bridgehead atoms. The van der Waals surface area contributed by atoms with Crippen LogP contribution in [0.25, 0.3) is 0 Å². The summed E-state index contributed by atoms with van der Waals surface area (Å²) in [6.45, 7) is 3.84. The van der Waals surface area contributed by atoms with Crippen LogP contribution in [-0.4, -0.2) is 37.6 Å². The van der Waals surface area contributed by atoms with E-state index in [1.54, 1.807) is 6.20 Å². The highest BCUT2D eigenvalue weighted by molar-refractivity contribution is 5.74. The molecule has 0 saturated carbocycles. The number of nitrogens with zero attached hydrogens (tertiary/aromatic N) is 2. The minimum atomic E-state index is 0.407. The predicted molar refractivity (Wildman–Crippen MR) is 55.1 cm³/mol. The zero-order chi connectivity index (χ0) is 10.3. The summed E-state index contributed by atoms with van der Waals surface area (Å²) in [4.78, 5) is 16.8. The van der Waals surface area contributed by atoms with Gasteiger partial charge in [-0.05, 0) is 12.1 Å². The van der Waals surface area contributed by atoms with E-state index in [0.717, 1.165) is 38.3 Å². The second-order valence-electron chi connectivity index (χ2n) is 4.41. The SMILES string of the molecule is O=Cc1cc(N2CC3(COC3)C2)ccn1. The molecule has 2 aliphatic heterocycles. The monoisotopic (exact) mass is 204 g/mol. The van der Waals surface area contributed by atoms with Gasteiger partial charge in [0.05, 0.1) is 18.6 Å². The van der Waals surface area contributed by atoms with E-state index in [1.807, 2.05) is 12.1 Å². The molecule has 2 fully saturated rings. The number of rotatable bonds is 2. The first-order valence-electron chi connectivity index (χ1n) is 5.05. The molecular weight excluding hydrogens is 192 g/mol. The van der Waals surface area contributed by atoms with Gasteiger partial charge >= 0.3 is 0 Å². The average molecular weight is 204 g/mol. The summed E-state index contributed by atoms with van der Waals surface area (Å²) in [6.07, 6.45) is 2.47. The molecule has 1 spiro atoms. The summed E-state index contributed by atoms with van der Waals surface area (Å²) in [7, 11) is 0. The largest absolute Gasteiger partial charge is 0.380 e.